The van der Waals surface area contributed by atoms with Crippen LogP contribution in [0.25, 0.3) is 0 Å². The van der Waals surface area contributed by atoms with Gasteiger partial charge in [-0.1, -0.05) is 18.2 Å². The van der Waals surface area contributed by atoms with Gasteiger partial charge in [-0.2, -0.15) is 10.2 Å². The fourth-order valence-corrected chi connectivity index (χ4v) is 2.05. The molecule has 0 heterocycles. The minimum atomic E-state index is -0.412. The lowest BCUT2D eigenvalue weighted by Gasteiger charge is -2.07. The second-order valence-corrected chi connectivity index (χ2v) is 5.17. The summed E-state index contributed by atoms with van der Waals surface area (Å²) in [7, 11) is 0. The molecule has 2 amide bonds. The largest absolute Gasteiger partial charge is 0.323 e. The molecule has 0 saturated heterocycles. The van der Waals surface area contributed by atoms with Crippen molar-refractivity contribution in [1.29, 1.82) is 0 Å². The minimum absolute atomic E-state index is 0.355. The van der Waals surface area contributed by atoms with Gasteiger partial charge in [-0.3, -0.25) is 0 Å². The van der Waals surface area contributed by atoms with E-state index in [2.05, 4.69) is 20.9 Å². The summed E-state index contributed by atoms with van der Waals surface area (Å²) >= 11 is 0. The molecule has 5 nitrogen and oxygen atoms in total. The molecule has 6 heteroatoms. The van der Waals surface area contributed by atoms with Crippen molar-refractivity contribution in [3.8, 4) is 0 Å². The van der Waals surface area contributed by atoms with Gasteiger partial charge in [0.05, 0.1) is 11.4 Å². The number of anilines is 2. The van der Waals surface area contributed by atoms with Gasteiger partial charge in [0.2, 0.25) is 0 Å². The molecule has 0 aromatic heterocycles. The van der Waals surface area contributed by atoms with E-state index in [1.54, 1.807) is 24.3 Å². The fourth-order valence-electron chi connectivity index (χ4n) is 2.05. The summed E-state index contributed by atoms with van der Waals surface area (Å²) in [4.78, 5) is 11.9. The van der Waals surface area contributed by atoms with Crippen molar-refractivity contribution in [3.05, 3.63) is 84.7 Å². The molecule has 0 atom stereocenters. The van der Waals surface area contributed by atoms with Crippen molar-refractivity contribution in [2.45, 2.75) is 0 Å². The van der Waals surface area contributed by atoms with Crippen molar-refractivity contribution >= 4 is 28.8 Å². The number of azo groups is 1. The predicted octanol–water partition coefficient (Wildman–Crippen LogP) is 5.89. The monoisotopic (exact) mass is 334 g/mol. The fraction of sp³-hybridized carbons (Fsp3) is 0. The Bertz CT molecular complexity index is 862. The lowest BCUT2D eigenvalue weighted by Crippen LogP contribution is -2.19. The smallest absolute Gasteiger partial charge is 0.308 e. The van der Waals surface area contributed by atoms with Crippen LogP contribution in [-0.2, 0) is 0 Å². The van der Waals surface area contributed by atoms with E-state index in [1.807, 2.05) is 30.3 Å². The van der Waals surface area contributed by atoms with Crippen LogP contribution in [0.4, 0.5) is 31.9 Å². The molecule has 0 aliphatic heterocycles. The molecule has 25 heavy (non-hydrogen) atoms. The average Bonchev–Trinajstić information content (AvgIpc) is 2.64. The molecule has 0 radical (unpaired) electrons. The van der Waals surface area contributed by atoms with E-state index in [1.165, 1.54) is 24.3 Å². The molecule has 3 aromatic rings. The number of nitrogens with zero attached hydrogens (tertiary/aromatic N) is 2. The Morgan fingerprint density at radius 1 is 0.680 bits per heavy atom. The van der Waals surface area contributed by atoms with Crippen molar-refractivity contribution in [3.63, 3.8) is 0 Å². The van der Waals surface area contributed by atoms with Crippen LogP contribution >= 0.6 is 0 Å². The first-order chi connectivity index (χ1) is 12.2. The summed E-state index contributed by atoms with van der Waals surface area (Å²) in [6.45, 7) is 0. The lowest BCUT2D eigenvalue weighted by molar-refractivity contribution is 0.262. The van der Waals surface area contributed by atoms with Crippen molar-refractivity contribution in [2.24, 2.45) is 10.2 Å². The zero-order valence-corrected chi connectivity index (χ0v) is 13.2. The number of hydrogen-bond donors (Lipinski definition) is 2. The molecule has 0 fully saturated rings. The van der Waals surface area contributed by atoms with E-state index in [0.29, 0.717) is 17.1 Å². The van der Waals surface area contributed by atoms with Crippen LogP contribution in [0.3, 0.4) is 0 Å². The molecule has 2 N–H and O–H groups in total. The Morgan fingerprint density at radius 2 is 1.16 bits per heavy atom. The van der Waals surface area contributed by atoms with Crippen molar-refractivity contribution in [1.82, 2.24) is 0 Å². The zero-order chi connectivity index (χ0) is 17.5. The first-order valence-electron chi connectivity index (χ1n) is 7.59. The molecule has 0 bridgehead atoms. The van der Waals surface area contributed by atoms with E-state index in [-0.39, 0.29) is 5.82 Å². The third kappa shape index (κ3) is 4.97. The first-order valence-corrected chi connectivity index (χ1v) is 7.59. The number of amides is 2. The maximum absolute atomic E-state index is 12.8. The Morgan fingerprint density at radius 3 is 1.72 bits per heavy atom. The third-order valence-electron chi connectivity index (χ3n) is 3.26. The summed E-state index contributed by atoms with van der Waals surface area (Å²) in [6.07, 6.45) is 0. The van der Waals surface area contributed by atoms with Crippen LogP contribution in [0, 0.1) is 5.82 Å². The van der Waals surface area contributed by atoms with E-state index in [4.69, 9.17) is 0 Å². The molecule has 0 saturated carbocycles. The van der Waals surface area contributed by atoms with Crippen LogP contribution in [0.15, 0.2) is 89.1 Å². The zero-order valence-electron chi connectivity index (χ0n) is 13.2. The van der Waals surface area contributed by atoms with Gasteiger partial charge < -0.3 is 10.6 Å². The highest BCUT2D eigenvalue weighted by Gasteiger charge is 2.03. The highest BCUT2D eigenvalue weighted by molar-refractivity contribution is 5.99. The third-order valence-corrected chi connectivity index (χ3v) is 3.26. The topological polar surface area (TPSA) is 65.8 Å². The Balaban J connectivity index is 1.57. The summed E-state index contributed by atoms with van der Waals surface area (Å²) in [5.74, 6) is -0.355. The number of rotatable bonds is 4. The second-order valence-electron chi connectivity index (χ2n) is 5.17. The molecule has 0 unspecified atom stereocenters. The molecular formula is C19H15FN4O. The number of urea groups is 1. The summed E-state index contributed by atoms with van der Waals surface area (Å²) in [6, 6.07) is 21.5. The second kappa shape index (κ2) is 7.83. The molecular weight excluding hydrogens is 319 g/mol. The standard InChI is InChI=1S/C19H15FN4O/c20-14-6-8-15(9-7-14)21-19(25)22-16-10-12-18(13-11-16)24-23-17-4-2-1-3-5-17/h1-13H,(H2,21,22,25). The molecule has 3 aromatic carbocycles. The highest BCUT2D eigenvalue weighted by atomic mass is 19.1. The van der Waals surface area contributed by atoms with Gasteiger partial charge in [0.1, 0.15) is 5.82 Å². The van der Waals surface area contributed by atoms with Crippen LogP contribution in [0.1, 0.15) is 0 Å². The van der Waals surface area contributed by atoms with Crippen LogP contribution in [0.5, 0.6) is 0 Å². The SMILES string of the molecule is O=C(Nc1ccc(F)cc1)Nc1ccc(N=Nc2ccccc2)cc1. The number of carbonyl (C=O) groups is 1. The quantitative estimate of drug-likeness (QED) is 0.574. The Labute approximate surface area is 144 Å². The van der Waals surface area contributed by atoms with Crippen molar-refractivity contribution in [2.75, 3.05) is 10.6 Å². The minimum Gasteiger partial charge on any atom is -0.308 e. The maximum Gasteiger partial charge on any atom is 0.323 e. The lowest BCUT2D eigenvalue weighted by atomic mass is 10.3. The molecule has 124 valence electrons. The van der Waals surface area contributed by atoms with Gasteiger partial charge in [0, 0.05) is 11.4 Å². The summed E-state index contributed by atoms with van der Waals surface area (Å²) in [5, 5.41) is 13.6. The van der Waals surface area contributed by atoms with E-state index in [9.17, 15) is 9.18 Å². The average molecular weight is 334 g/mol. The van der Waals surface area contributed by atoms with Gasteiger partial charge >= 0.3 is 6.03 Å². The first kappa shape index (κ1) is 16.3. The number of benzene rings is 3. The highest BCUT2D eigenvalue weighted by Crippen LogP contribution is 2.20. The van der Waals surface area contributed by atoms with Gasteiger partial charge in [0.15, 0.2) is 0 Å². The Kier molecular flexibility index (Phi) is 5.11. The van der Waals surface area contributed by atoms with E-state index in [0.717, 1.165) is 5.69 Å². The number of hydrogen-bond acceptors (Lipinski definition) is 3. The maximum atomic E-state index is 12.8. The molecule has 0 aliphatic carbocycles. The summed E-state index contributed by atoms with van der Waals surface area (Å²) in [5.41, 5.74) is 2.56. The number of halogens is 1. The van der Waals surface area contributed by atoms with Crippen LogP contribution in [0.2, 0.25) is 0 Å². The Hall–Kier alpha value is -3.54. The number of carbonyl (C=O) groups excluding carboxylic acids is 1. The van der Waals surface area contributed by atoms with Crippen molar-refractivity contribution < 1.29 is 9.18 Å². The predicted molar refractivity (Wildman–Crippen MR) is 96.1 cm³/mol. The summed E-state index contributed by atoms with van der Waals surface area (Å²) < 4.78 is 12.8. The van der Waals surface area contributed by atoms with Crippen LogP contribution in [-0.4, -0.2) is 6.03 Å². The van der Waals surface area contributed by atoms with Gasteiger partial charge in [-0.25, -0.2) is 9.18 Å². The molecule has 0 spiro atoms. The van der Waals surface area contributed by atoms with Crippen LogP contribution < -0.4 is 10.6 Å². The van der Waals surface area contributed by atoms with E-state index >= 15 is 0 Å². The normalized spacial score (nSPS) is 10.6. The van der Waals surface area contributed by atoms with E-state index < -0.39 is 6.03 Å². The molecule has 0 aliphatic rings. The molecule has 3 rings (SSSR count). The van der Waals surface area contributed by atoms with Gasteiger partial charge in [-0.15, -0.1) is 0 Å². The van der Waals surface area contributed by atoms with Gasteiger partial charge in [-0.05, 0) is 60.7 Å². The number of nitrogens with one attached hydrogen (secondary N) is 2. The van der Waals surface area contributed by atoms with Gasteiger partial charge in [0.25, 0.3) is 0 Å².